The van der Waals surface area contributed by atoms with Crippen LogP contribution in [0.15, 0.2) is 0 Å². The van der Waals surface area contributed by atoms with E-state index >= 15 is 0 Å². The van der Waals surface area contributed by atoms with Crippen LogP contribution in [0.5, 0.6) is 0 Å². The smallest absolute Gasteiger partial charge is 0.368 e. The van der Waals surface area contributed by atoms with E-state index in [1.807, 2.05) is 0 Å². The number of rotatable bonds is 2. The molecule has 0 aliphatic heterocycles. The van der Waals surface area contributed by atoms with E-state index in [0.717, 1.165) is 0 Å². The Labute approximate surface area is 59.5 Å². The molecule has 0 rings (SSSR count). The van der Waals surface area contributed by atoms with Crippen molar-refractivity contribution in [1.29, 1.82) is 0 Å². The summed E-state index contributed by atoms with van der Waals surface area (Å²) in [5.41, 5.74) is 0. The monoisotopic (exact) mass is 176 g/mol. The molecular formula is C4H7F3O4. The predicted octanol–water partition coefficient (Wildman–Crippen LogP) is -1.07. The Kier molecular flexibility index (Phi) is 2.84. The number of halogens is 3. The van der Waals surface area contributed by atoms with Crippen LogP contribution in [0.4, 0.5) is 13.2 Å². The minimum absolute atomic E-state index is 1.59. The second-order valence-corrected chi connectivity index (χ2v) is 2.00. The first-order valence-corrected chi connectivity index (χ1v) is 2.54. The van der Waals surface area contributed by atoms with E-state index in [4.69, 9.17) is 20.4 Å². The van der Waals surface area contributed by atoms with Crippen LogP contribution >= 0.6 is 0 Å². The topological polar surface area (TPSA) is 80.9 Å². The third-order valence-corrected chi connectivity index (χ3v) is 0.921. The average Bonchev–Trinajstić information content (AvgIpc) is 1.56. The zero-order valence-corrected chi connectivity index (χ0v) is 5.21. The molecule has 0 radical (unpaired) electrons. The normalized spacial score (nSPS) is 14.2. The average molecular weight is 176 g/mol. The van der Waals surface area contributed by atoms with E-state index in [2.05, 4.69) is 0 Å². The second-order valence-electron chi connectivity index (χ2n) is 2.00. The summed E-state index contributed by atoms with van der Waals surface area (Å²) >= 11 is 0. The maximum atomic E-state index is 11.5. The fraction of sp³-hybridized carbons (Fsp3) is 1.00. The largest absolute Gasteiger partial charge is 0.443 e. The first kappa shape index (κ1) is 10.6. The molecule has 0 aromatic heterocycles. The third-order valence-electron chi connectivity index (χ3n) is 0.921. The molecule has 0 aliphatic rings. The van der Waals surface area contributed by atoms with Crippen molar-refractivity contribution in [1.82, 2.24) is 0 Å². The van der Waals surface area contributed by atoms with Crippen molar-refractivity contribution in [2.45, 2.75) is 24.7 Å². The van der Waals surface area contributed by atoms with Gasteiger partial charge in [0.1, 0.15) is 0 Å². The Morgan fingerprint density at radius 1 is 1.09 bits per heavy atom. The fourth-order valence-electron chi connectivity index (χ4n) is 0.370. The van der Waals surface area contributed by atoms with Crippen LogP contribution in [0.1, 0.15) is 6.42 Å². The van der Waals surface area contributed by atoms with Gasteiger partial charge in [-0.25, -0.2) is 0 Å². The number of aliphatic hydroxyl groups excluding tert-OH is 1. The van der Waals surface area contributed by atoms with E-state index in [1.165, 1.54) is 0 Å². The quantitative estimate of drug-likeness (QED) is 0.404. The van der Waals surface area contributed by atoms with Crippen molar-refractivity contribution in [3.8, 4) is 0 Å². The molecule has 0 aromatic carbocycles. The lowest BCUT2D eigenvalue weighted by Gasteiger charge is -2.24. The first-order chi connectivity index (χ1) is 4.67. The lowest BCUT2D eigenvalue weighted by molar-refractivity contribution is -0.363. The molecule has 68 valence electrons. The highest BCUT2D eigenvalue weighted by atomic mass is 19.4. The molecule has 0 saturated heterocycles. The molecule has 0 fully saturated rings. The molecule has 0 amide bonds. The van der Waals surface area contributed by atoms with Gasteiger partial charge < -0.3 is 20.4 Å². The van der Waals surface area contributed by atoms with Gasteiger partial charge in [-0.15, -0.1) is 0 Å². The highest BCUT2D eigenvalue weighted by molar-refractivity contribution is 4.74. The Bertz CT molecular complexity index is 130. The first-order valence-electron chi connectivity index (χ1n) is 2.54. The van der Waals surface area contributed by atoms with Gasteiger partial charge in [-0.2, -0.15) is 13.2 Å². The molecule has 4 N–H and O–H groups in total. The molecule has 0 unspecified atom stereocenters. The van der Waals surface area contributed by atoms with Crippen molar-refractivity contribution in [2.24, 2.45) is 0 Å². The summed E-state index contributed by atoms with van der Waals surface area (Å²) in [6, 6.07) is 0. The van der Waals surface area contributed by atoms with Gasteiger partial charge in [0.25, 0.3) is 5.79 Å². The molecule has 0 aromatic rings. The van der Waals surface area contributed by atoms with Crippen LogP contribution in [0.25, 0.3) is 0 Å². The molecule has 0 bridgehead atoms. The Morgan fingerprint density at radius 2 is 1.45 bits per heavy atom. The SMILES string of the molecule is OC(O)CC(O)(O)C(F)(F)F. The molecule has 4 nitrogen and oxygen atoms in total. The van der Waals surface area contributed by atoms with Crippen LogP contribution < -0.4 is 0 Å². The molecule has 11 heavy (non-hydrogen) atoms. The van der Waals surface area contributed by atoms with Gasteiger partial charge in [0.05, 0.1) is 6.42 Å². The molecule has 0 saturated carbocycles. The molecule has 0 heterocycles. The summed E-state index contributed by atoms with van der Waals surface area (Å²) < 4.78 is 34.4. The number of aliphatic hydroxyl groups is 4. The van der Waals surface area contributed by atoms with Crippen LogP contribution in [0.2, 0.25) is 0 Å². The Balaban J connectivity index is 4.22. The molecule has 7 heteroatoms. The summed E-state index contributed by atoms with van der Waals surface area (Å²) in [5, 5.41) is 32.2. The van der Waals surface area contributed by atoms with E-state index < -0.39 is 24.7 Å². The van der Waals surface area contributed by atoms with Crippen LogP contribution in [-0.4, -0.2) is 38.7 Å². The van der Waals surface area contributed by atoms with Crippen LogP contribution in [0, 0.1) is 0 Å². The molecule has 0 spiro atoms. The zero-order chi connectivity index (χ0) is 9.28. The second kappa shape index (κ2) is 2.94. The van der Waals surface area contributed by atoms with Gasteiger partial charge in [0.15, 0.2) is 6.29 Å². The maximum absolute atomic E-state index is 11.5. The van der Waals surface area contributed by atoms with Crippen molar-refractivity contribution in [2.75, 3.05) is 0 Å². The highest BCUT2D eigenvalue weighted by Gasteiger charge is 2.53. The zero-order valence-electron chi connectivity index (χ0n) is 5.21. The summed E-state index contributed by atoms with van der Waals surface area (Å²) in [4.78, 5) is 0. The Morgan fingerprint density at radius 3 is 1.55 bits per heavy atom. The fourth-order valence-corrected chi connectivity index (χ4v) is 0.370. The van der Waals surface area contributed by atoms with Gasteiger partial charge >= 0.3 is 6.18 Å². The summed E-state index contributed by atoms with van der Waals surface area (Å²) in [6.07, 6.45) is -9.28. The van der Waals surface area contributed by atoms with Crippen molar-refractivity contribution >= 4 is 0 Å². The standard InChI is InChI=1S/C4H7F3O4/c5-4(6,7)3(10,11)1-2(8)9/h2,8-11H,1H2. The summed E-state index contributed by atoms with van der Waals surface area (Å²) in [6.45, 7) is 0. The predicted molar refractivity (Wildman–Crippen MR) is 26.1 cm³/mol. The van der Waals surface area contributed by atoms with E-state index in [0.29, 0.717) is 0 Å². The Hall–Kier alpha value is -0.370. The number of hydrogen-bond acceptors (Lipinski definition) is 4. The van der Waals surface area contributed by atoms with E-state index in [9.17, 15) is 13.2 Å². The molecule has 0 atom stereocenters. The van der Waals surface area contributed by atoms with Crippen molar-refractivity contribution < 1.29 is 33.6 Å². The van der Waals surface area contributed by atoms with Gasteiger partial charge in [-0.1, -0.05) is 0 Å². The van der Waals surface area contributed by atoms with Crippen molar-refractivity contribution in [3.05, 3.63) is 0 Å². The van der Waals surface area contributed by atoms with Crippen molar-refractivity contribution in [3.63, 3.8) is 0 Å². The van der Waals surface area contributed by atoms with Gasteiger partial charge in [-0.05, 0) is 0 Å². The third kappa shape index (κ3) is 3.02. The number of alkyl halides is 3. The van der Waals surface area contributed by atoms with Gasteiger partial charge in [0, 0.05) is 0 Å². The maximum Gasteiger partial charge on any atom is 0.443 e. The minimum atomic E-state index is -5.28. The van der Waals surface area contributed by atoms with E-state index in [-0.39, 0.29) is 0 Å². The van der Waals surface area contributed by atoms with Crippen LogP contribution in [0.3, 0.4) is 0 Å². The van der Waals surface area contributed by atoms with Gasteiger partial charge in [-0.3, -0.25) is 0 Å². The lowest BCUT2D eigenvalue weighted by atomic mass is 10.2. The lowest BCUT2D eigenvalue weighted by Crippen LogP contribution is -2.47. The number of hydrogen-bond donors (Lipinski definition) is 4. The van der Waals surface area contributed by atoms with Gasteiger partial charge in [0.2, 0.25) is 0 Å². The summed E-state index contributed by atoms with van der Waals surface area (Å²) in [7, 11) is 0. The van der Waals surface area contributed by atoms with Crippen LogP contribution in [-0.2, 0) is 0 Å². The highest BCUT2D eigenvalue weighted by Crippen LogP contribution is 2.31. The molecular weight excluding hydrogens is 169 g/mol. The summed E-state index contributed by atoms with van der Waals surface area (Å²) in [5.74, 6) is -4.04. The molecule has 0 aliphatic carbocycles. The van der Waals surface area contributed by atoms with E-state index in [1.54, 1.807) is 0 Å². The minimum Gasteiger partial charge on any atom is -0.368 e.